The van der Waals surface area contributed by atoms with Crippen molar-refractivity contribution in [2.75, 3.05) is 21.3 Å². The lowest BCUT2D eigenvalue weighted by Crippen LogP contribution is -2.26. The topological polar surface area (TPSA) is 38.8 Å². The molecule has 5 heteroatoms. The first-order valence-electron chi connectivity index (χ1n) is 6.15. The zero-order chi connectivity index (χ0) is 14.5. The van der Waals surface area contributed by atoms with Crippen LogP contribution in [0.25, 0.3) is 0 Å². The van der Waals surface area contributed by atoms with E-state index in [1.807, 2.05) is 17.5 Å². The number of carbonyl (C=O) groups excluding carboxylic acids is 1. The van der Waals surface area contributed by atoms with Gasteiger partial charge in [0, 0.05) is 18.0 Å². The fourth-order valence-electron chi connectivity index (χ4n) is 1.89. The molecular formula is C15H17NO3S. The van der Waals surface area contributed by atoms with E-state index in [1.54, 1.807) is 55.7 Å². The zero-order valence-electron chi connectivity index (χ0n) is 11.8. The number of thiophene rings is 1. The second-order valence-electron chi connectivity index (χ2n) is 4.31. The number of hydrogen-bond acceptors (Lipinski definition) is 4. The SMILES string of the molecule is COc1ccc(C(=O)N(C)Cc2cccs2)c(OC)c1. The van der Waals surface area contributed by atoms with Crippen LogP contribution in [-0.2, 0) is 6.54 Å². The van der Waals surface area contributed by atoms with Crippen LogP contribution < -0.4 is 9.47 Å². The number of rotatable bonds is 5. The van der Waals surface area contributed by atoms with Crippen LogP contribution in [0, 0.1) is 0 Å². The van der Waals surface area contributed by atoms with Crippen molar-refractivity contribution in [1.82, 2.24) is 4.90 Å². The minimum atomic E-state index is -0.0714. The minimum Gasteiger partial charge on any atom is -0.497 e. The molecule has 0 bridgehead atoms. The Morgan fingerprint density at radius 1 is 1.25 bits per heavy atom. The molecule has 20 heavy (non-hydrogen) atoms. The predicted octanol–water partition coefficient (Wildman–Crippen LogP) is 3.04. The summed E-state index contributed by atoms with van der Waals surface area (Å²) in [5.41, 5.74) is 0.535. The molecule has 1 aromatic carbocycles. The molecule has 0 saturated heterocycles. The molecule has 1 heterocycles. The average molecular weight is 291 g/mol. The van der Waals surface area contributed by atoms with E-state index in [0.29, 0.717) is 23.6 Å². The molecule has 0 atom stereocenters. The van der Waals surface area contributed by atoms with Gasteiger partial charge >= 0.3 is 0 Å². The Bertz CT molecular complexity index is 581. The molecule has 2 aromatic rings. The molecule has 0 aliphatic carbocycles. The molecule has 0 spiro atoms. The van der Waals surface area contributed by atoms with Crippen molar-refractivity contribution in [3.05, 3.63) is 46.2 Å². The Hall–Kier alpha value is -2.01. The first-order valence-corrected chi connectivity index (χ1v) is 7.03. The second kappa shape index (κ2) is 6.43. The van der Waals surface area contributed by atoms with E-state index in [0.717, 1.165) is 4.88 Å². The van der Waals surface area contributed by atoms with Gasteiger partial charge in [0.1, 0.15) is 11.5 Å². The molecule has 0 unspecified atom stereocenters. The highest BCUT2D eigenvalue weighted by Crippen LogP contribution is 2.26. The Balaban J connectivity index is 2.19. The molecule has 1 amide bonds. The van der Waals surface area contributed by atoms with E-state index in [1.165, 1.54) is 0 Å². The number of methoxy groups -OCH3 is 2. The van der Waals surface area contributed by atoms with E-state index in [4.69, 9.17) is 9.47 Å². The van der Waals surface area contributed by atoms with Crippen molar-refractivity contribution in [1.29, 1.82) is 0 Å². The van der Waals surface area contributed by atoms with Crippen LogP contribution in [0.5, 0.6) is 11.5 Å². The third-order valence-corrected chi connectivity index (χ3v) is 3.82. The lowest BCUT2D eigenvalue weighted by atomic mass is 10.1. The smallest absolute Gasteiger partial charge is 0.257 e. The largest absolute Gasteiger partial charge is 0.497 e. The van der Waals surface area contributed by atoms with Crippen LogP contribution in [0.2, 0.25) is 0 Å². The van der Waals surface area contributed by atoms with Gasteiger partial charge in [-0.2, -0.15) is 0 Å². The van der Waals surface area contributed by atoms with Gasteiger partial charge in [0.05, 0.1) is 26.3 Å². The maximum atomic E-state index is 12.5. The van der Waals surface area contributed by atoms with Crippen LogP contribution in [0.3, 0.4) is 0 Å². The number of carbonyl (C=O) groups is 1. The van der Waals surface area contributed by atoms with E-state index in [2.05, 4.69) is 0 Å². The highest BCUT2D eigenvalue weighted by atomic mass is 32.1. The van der Waals surface area contributed by atoms with Crippen molar-refractivity contribution >= 4 is 17.2 Å². The Kier molecular flexibility index (Phi) is 4.63. The molecule has 0 fully saturated rings. The molecule has 0 radical (unpaired) electrons. The third kappa shape index (κ3) is 3.11. The van der Waals surface area contributed by atoms with Crippen LogP contribution in [0.4, 0.5) is 0 Å². The van der Waals surface area contributed by atoms with E-state index < -0.39 is 0 Å². The molecule has 0 saturated carbocycles. The highest BCUT2D eigenvalue weighted by molar-refractivity contribution is 7.09. The minimum absolute atomic E-state index is 0.0714. The molecule has 0 aliphatic heterocycles. The number of amides is 1. The summed E-state index contributed by atoms with van der Waals surface area (Å²) in [6.07, 6.45) is 0. The summed E-state index contributed by atoms with van der Waals surface area (Å²) in [4.78, 5) is 15.3. The van der Waals surface area contributed by atoms with Gasteiger partial charge in [-0.25, -0.2) is 0 Å². The van der Waals surface area contributed by atoms with Crippen LogP contribution in [0.15, 0.2) is 35.7 Å². The molecular weight excluding hydrogens is 274 g/mol. The first-order chi connectivity index (χ1) is 9.65. The van der Waals surface area contributed by atoms with Crippen molar-refractivity contribution < 1.29 is 14.3 Å². The highest BCUT2D eigenvalue weighted by Gasteiger charge is 2.17. The van der Waals surface area contributed by atoms with Gasteiger partial charge in [-0.1, -0.05) is 6.07 Å². The van der Waals surface area contributed by atoms with E-state index >= 15 is 0 Å². The first kappa shape index (κ1) is 14.4. The quantitative estimate of drug-likeness (QED) is 0.850. The normalized spacial score (nSPS) is 10.2. The summed E-state index contributed by atoms with van der Waals surface area (Å²) >= 11 is 1.63. The zero-order valence-corrected chi connectivity index (χ0v) is 12.6. The number of ether oxygens (including phenoxy) is 2. The lowest BCUT2D eigenvalue weighted by Gasteiger charge is -2.18. The van der Waals surface area contributed by atoms with E-state index in [9.17, 15) is 4.79 Å². The molecule has 1 aromatic heterocycles. The Morgan fingerprint density at radius 2 is 2.05 bits per heavy atom. The fraction of sp³-hybridized carbons (Fsp3) is 0.267. The van der Waals surface area contributed by atoms with Gasteiger partial charge < -0.3 is 14.4 Å². The van der Waals surface area contributed by atoms with Gasteiger partial charge in [0.15, 0.2) is 0 Å². The van der Waals surface area contributed by atoms with Gasteiger partial charge in [0.25, 0.3) is 5.91 Å². The number of hydrogen-bond donors (Lipinski definition) is 0. The van der Waals surface area contributed by atoms with Crippen LogP contribution >= 0.6 is 11.3 Å². The molecule has 0 aliphatic rings. The number of nitrogens with zero attached hydrogens (tertiary/aromatic N) is 1. The monoisotopic (exact) mass is 291 g/mol. The lowest BCUT2D eigenvalue weighted by molar-refractivity contribution is 0.0783. The van der Waals surface area contributed by atoms with Crippen molar-refractivity contribution in [3.8, 4) is 11.5 Å². The molecule has 4 nitrogen and oxygen atoms in total. The standard InChI is InChI=1S/C15H17NO3S/c1-16(10-12-5-4-8-20-12)15(17)13-7-6-11(18-2)9-14(13)19-3/h4-9H,10H2,1-3H3. The summed E-state index contributed by atoms with van der Waals surface area (Å²) in [5, 5.41) is 2.00. The number of benzene rings is 1. The third-order valence-electron chi connectivity index (χ3n) is 2.96. The molecule has 0 N–H and O–H groups in total. The van der Waals surface area contributed by atoms with Crippen LogP contribution in [-0.4, -0.2) is 32.1 Å². The predicted molar refractivity (Wildman–Crippen MR) is 79.7 cm³/mol. The molecule has 2 rings (SSSR count). The summed E-state index contributed by atoms with van der Waals surface area (Å²) in [6, 6.07) is 9.19. The maximum Gasteiger partial charge on any atom is 0.257 e. The Labute approximate surface area is 122 Å². The second-order valence-corrected chi connectivity index (χ2v) is 5.34. The van der Waals surface area contributed by atoms with Gasteiger partial charge in [-0.15, -0.1) is 11.3 Å². The molecule has 106 valence electrons. The van der Waals surface area contributed by atoms with Crippen molar-refractivity contribution in [2.45, 2.75) is 6.54 Å². The van der Waals surface area contributed by atoms with Gasteiger partial charge in [-0.05, 0) is 23.6 Å². The van der Waals surface area contributed by atoms with Gasteiger partial charge in [-0.3, -0.25) is 4.79 Å². The van der Waals surface area contributed by atoms with Crippen molar-refractivity contribution in [3.63, 3.8) is 0 Å². The summed E-state index contributed by atoms with van der Waals surface area (Å²) in [6.45, 7) is 0.589. The van der Waals surface area contributed by atoms with E-state index in [-0.39, 0.29) is 5.91 Å². The summed E-state index contributed by atoms with van der Waals surface area (Å²) in [5.74, 6) is 1.12. The fourth-order valence-corrected chi connectivity index (χ4v) is 2.65. The van der Waals surface area contributed by atoms with Crippen LogP contribution in [0.1, 0.15) is 15.2 Å². The average Bonchev–Trinajstić information content (AvgIpc) is 2.98. The van der Waals surface area contributed by atoms with Gasteiger partial charge in [0.2, 0.25) is 0 Å². The van der Waals surface area contributed by atoms with Crippen molar-refractivity contribution in [2.24, 2.45) is 0 Å². The Morgan fingerprint density at radius 3 is 2.65 bits per heavy atom. The summed E-state index contributed by atoms with van der Waals surface area (Å²) < 4.78 is 10.4. The maximum absolute atomic E-state index is 12.5. The summed E-state index contributed by atoms with van der Waals surface area (Å²) in [7, 11) is 4.91.